The van der Waals surface area contributed by atoms with Gasteiger partial charge in [-0.3, -0.25) is 4.79 Å². The molecule has 3 N–H and O–H groups in total. The molecule has 118 valence electrons. The molecule has 0 heterocycles. The van der Waals surface area contributed by atoms with Crippen LogP contribution >= 0.6 is 0 Å². The lowest BCUT2D eigenvalue weighted by molar-refractivity contribution is -0.127. The van der Waals surface area contributed by atoms with Crippen molar-refractivity contribution in [2.24, 2.45) is 11.7 Å². The van der Waals surface area contributed by atoms with Crippen LogP contribution in [0.15, 0.2) is 18.2 Å². The van der Waals surface area contributed by atoms with Crippen molar-refractivity contribution in [3.05, 3.63) is 23.8 Å². The average molecular weight is 294 g/mol. The van der Waals surface area contributed by atoms with E-state index in [-0.39, 0.29) is 5.91 Å². The van der Waals surface area contributed by atoms with Crippen LogP contribution in [0.25, 0.3) is 0 Å². The predicted molar refractivity (Wildman–Crippen MR) is 83.4 cm³/mol. The quantitative estimate of drug-likeness (QED) is 0.770. The van der Waals surface area contributed by atoms with Crippen molar-refractivity contribution in [2.45, 2.75) is 39.8 Å². The van der Waals surface area contributed by atoms with Crippen LogP contribution in [-0.4, -0.2) is 25.7 Å². The molecule has 0 spiro atoms. The van der Waals surface area contributed by atoms with Gasteiger partial charge in [0.05, 0.1) is 7.11 Å². The maximum absolute atomic E-state index is 12.0. The number of carbonyl (C=O) groups is 1. The fourth-order valence-corrected chi connectivity index (χ4v) is 1.81. The van der Waals surface area contributed by atoms with Crippen LogP contribution in [0.5, 0.6) is 11.5 Å². The number of amides is 1. The van der Waals surface area contributed by atoms with Gasteiger partial charge < -0.3 is 20.5 Å². The van der Waals surface area contributed by atoms with Crippen LogP contribution in [0.3, 0.4) is 0 Å². The SMILES string of the molecule is COc1ccc(CN)c(OC(C)C(=O)NCCC(C)C)c1. The Labute approximate surface area is 126 Å². The Morgan fingerprint density at radius 3 is 2.62 bits per heavy atom. The van der Waals surface area contributed by atoms with Crippen LogP contribution in [0.2, 0.25) is 0 Å². The number of methoxy groups -OCH3 is 1. The first-order valence-electron chi connectivity index (χ1n) is 7.29. The molecule has 1 atom stereocenters. The molecule has 0 radical (unpaired) electrons. The summed E-state index contributed by atoms with van der Waals surface area (Å²) in [5, 5.41) is 2.87. The van der Waals surface area contributed by atoms with Gasteiger partial charge in [-0.2, -0.15) is 0 Å². The standard InChI is InChI=1S/C16H26N2O3/c1-11(2)7-8-18-16(19)12(3)21-15-9-14(20-4)6-5-13(15)10-17/h5-6,9,11-12H,7-8,10,17H2,1-4H3,(H,18,19). The minimum atomic E-state index is -0.574. The van der Waals surface area contributed by atoms with E-state index in [1.165, 1.54) is 0 Å². The van der Waals surface area contributed by atoms with Crippen LogP contribution < -0.4 is 20.5 Å². The zero-order valence-corrected chi connectivity index (χ0v) is 13.3. The fourth-order valence-electron chi connectivity index (χ4n) is 1.81. The predicted octanol–water partition coefficient (Wildman–Crippen LogP) is 2.08. The molecule has 0 aliphatic carbocycles. The molecule has 0 aliphatic rings. The summed E-state index contributed by atoms with van der Waals surface area (Å²) in [7, 11) is 1.59. The van der Waals surface area contributed by atoms with Crippen LogP contribution in [0.1, 0.15) is 32.8 Å². The molecule has 1 unspecified atom stereocenters. The minimum absolute atomic E-state index is 0.124. The zero-order chi connectivity index (χ0) is 15.8. The molecular formula is C16H26N2O3. The molecule has 1 rings (SSSR count). The Hall–Kier alpha value is -1.75. The number of nitrogens with two attached hydrogens (primary N) is 1. The average Bonchev–Trinajstić information content (AvgIpc) is 2.46. The third-order valence-corrected chi connectivity index (χ3v) is 3.19. The van der Waals surface area contributed by atoms with E-state index in [0.29, 0.717) is 30.5 Å². The Bertz CT molecular complexity index is 461. The summed E-state index contributed by atoms with van der Waals surface area (Å²) >= 11 is 0. The number of rotatable bonds is 8. The summed E-state index contributed by atoms with van der Waals surface area (Å²) < 4.78 is 10.9. The second-order valence-electron chi connectivity index (χ2n) is 5.41. The zero-order valence-electron chi connectivity index (χ0n) is 13.3. The highest BCUT2D eigenvalue weighted by atomic mass is 16.5. The first-order chi connectivity index (χ1) is 9.97. The molecule has 0 saturated heterocycles. The number of ether oxygens (including phenoxy) is 2. The molecule has 0 aliphatic heterocycles. The fraction of sp³-hybridized carbons (Fsp3) is 0.562. The summed E-state index contributed by atoms with van der Waals surface area (Å²) in [5.41, 5.74) is 6.53. The highest BCUT2D eigenvalue weighted by Gasteiger charge is 2.16. The highest BCUT2D eigenvalue weighted by molar-refractivity contribution is 5.80. The number of carbonyl (C=O) groups excluding carboxylic acids is 1. The van der Waals surface area contributed by atoms with Gasteiger partial charge in [0.1, 0.15) is 11.5 Å². The van der Waals surface area contributed by atoms with Crippen molar-refractivity contribution in [3.8, 4) is 11.5 Å². The Morgan fingerprint density at radius 2 is 2.05 bits per heavy atom. The van der Waals surface area contributed by atoms with Crippen molar-refractivity contribution in [3.63, 3.8) is 0 Å². The monoisotopic (exact) mass is 294 g/mol. The van der Waals surface area contributed by atoms with Gasteiger partial charge in [-0.15, -0.1) is 0 Å². The summed E-state index contributed by atoms with van der Waals surface area (Å²) in [5.74, 6) is 1.70. The van der Waals surface area contributed by atoms with E-state index < -0.39 is 6.10 Å². The summed E-state index contributed by atoms with van der Waals surface area (Å²) in [4.78, 5) is 12.0. The van der Waals surface area contributed by atoms with Gasteiger partial charge in [-0.25, -0.2) is 0 Å². The van der Waals surface area contributed by atoms with Crippen molar-refractivity contribution in [1.82, 2.24) is 5.32 Å². The molecule has 0 bridgehead atoms. The highest BCUT2D eigenvalue weighted by Crippen LogP contribution is 2.25. The molecule has 1 amide bonds. The van der Waals surface area contributed by atoms with E-state index in [9.17, 15) is 4.79 Å². The van der Waals surface area contributed by atoms with Crippen LogP contribution in [0, 0.1) is 5.92 Å². The van der Waals surface area contributed by atoms with E-state index in [1.54, 1.807) is 20.1 Å². The number of nitrogens with one attached hydrogen (secondary N) is 1. The summed E-state index contributed by atoms with van der Waals surface area (Å²) in [6.07, 6.45) is 0.376. The Kier molecular flexibility index (Phi) is 7.02. The van der Waals surface area contributed by atoms with Gasteiger partial charge in [0.2, 0.25) is 0 Å². The topological polar surface area (TPSA) is 73.6 Å². The lowest BCUT2D eigenvalue weighted by Gasteiger charge is -2.18. The Morgan fingerprint density at radius 1 is 1.33 bits per heavy atom. The summed E-state index contributed by atoms with van der Waals surface area (Å²) in [6.45, 7) is 6.98. The lowest BCUT2D eigenvalue weighted by atomic mass is 10.1. The van der Waals surface area contributed by atoms with Crippen molar-refractivity contribution in [1.29, 1.82) is 0 Å². The van der Waals surface area contributed by atoms with E-state index in [0.717, 1.165) is 12.0 Å². The third-order valence-electron chi connectivity index (χ3n) is 3.19. The van der Waals surface area contributed by atoms with Crippen molar-refractivity contribution >= 4 is 5.91 Å². The smallest absolute Gasteiger partial charge is 0.260 e. The van der Waals surface area contributed by atoms with Crippen LogP contribution in [0.4, 0.5) is 0 Å². The normalized spacial score (nSPS) is 12.1. The van der Waals surface area contributed by atoms with Gasteiger partial charge in [0.15, 0.2) is 6.10 Å². The molecule has 0 aromatic heterocycles. The van der Waals surface area contributed by atoms with Gasteiger partial charge in [0, 0.05) is 24.7 Å². The second-order valence-corrected chi connectivity index (χ2v) is 5.41. The second kappa shape index (κ2) is 8.52. The maximum Gasteiger partial charge on any atom is 0.260 e. The van der Waals surface area contributed by atoms with Gasteiger partial charge in [-0.1, -0.05) is 19.9 Å². The van der Waals surface area contributed by atoms with E-state index in [2.05, 4.69) is 19.2 Å². The molecule has 1 aromatic carbocycles. The Balaban J connectivity index is 2.64. The van der Waals surface area contributed by atoms with Gasteiger partial charge in [0.25, 0.3) is 5.91 Å². The number of hydrogen-bond acceptors (Lipinski definition) is 4. The van der Waals surface area contributed by atoms with Gasteiger partial charge >= 0.3 is 0 Å². The molecule has 5 nitrogen and oxygen atoms in total. The van der Waals surface area contributed by atoms with Crippen LogP contribution in [-0.2, 0) is 11.3 Å². The van der Waals surface area contributed by atoms with E-state index in [1.807, 2.05) is 12.1 Å². The molecule has 5 heteroatoms. The number of hydrogen-bond donors (Lipinski definition) is 2. The number of benzene rings is 1. The van der Waals surface area contributed by atoms with Crippen molar-refractivity contribution in [2.75, 3.05) is 13.7 Å². The lowest BCUT2D eigenvalue weighted by Crippen LogP contribution is -2.37. The first kappa shape index (κ1) is 17.3. The van der Waals surface area contributed by atoms with E-state index in [4.69, 9.17) is 15.2 Å². The van der Waals surface area contributed by atoms with Gasteiger partial charge in [-0.05, 0) is 25.3 Å². The van der Waals surface area contributed by atoms with E-state index >= 15 is 0 Å². The molecule has 0 fully saturated rings. The summed E-state index contributed by atoms with van der Waals surface area (Å²) in [6, 6.07) is 5.42. The van der Waals surface area contributed by atoms with Crippen molar-refractivity contribution < 1.29 is 14.3 Å². The molecular weight excluding hydrogens is 268 g/mol. The first-order valence-corrected chi connectivity index (χ1v) is 7.29. The third kappa shape index (κ3) is 5.63. The molecule has 21 heavy (non-hydrogen) atoms. The largest absolute Gasteiger partial charge is 0.497 e. The minimum Gasteiger partial charge on any atom is -0.497 e. The maximum atomic E-state index is 12.0. The molecule has 1 aromatic rings. The molecule has 0 saturated carbocycles.